The molecule has 1 aliphatic heterocycles. The molecule has 1 aromatic rings. The predicted molar refractivity (Wildman–Crippen MR) is 56.4 cm³/mol. The zero-order valence-corrected chi connectivity index (χ0v) is 9.14. The van der Waals surface area contributed by atoms with Gasteiger partial charge in [0.25, 0.3) is 0 Å². The van der Waals surface area contributed by atoms with Gasteiger partial charge in [0.05, 0.1) is 11.7 Å². The van der Waals surface area contributed by atoms with Crippen LogP contribution in [0.5, 0.6) is 0 Å². The first-order valence-corrected chi connectivity index (χ1v) is 6.31. The topological polar surface area (TPSA) is 51.0 Å². The highest BCUT2D eigenvalue weighted by atomic mass is 32.2. The van der Waals surface area contributed by atoms with E-state index in [1.165, 1.54) is 6.42 Å². The van der Waals surface area contributed by atoms with Crippen molar-refractivity contribution in [2.75, 3.05) is 19.3 Å². The molecule has 1 fully saturated rings. The number of rotatable bonds is 3. The summed E-state index contributed by atoms with van der Waals surface area (Å²) < 4.78 is 5.24. The van der Waals surface area contributed by atoms with E-state index in [4.69, 9.17) is 4.52 Å². The van der Waals surface area contributed by atoms with Crippen LogP contribution in [0.25, 0.3) is 0 Å². The lowest BCUT2D eigenvalue weighted by atomic mass is 10.00. The Morgan fingerprint density at radius 1 is 1.64 bits per heavy atom. The Hall–Kier alpha value is -0.550. The van der Waals surface area contributed by atoms with Gasteiger partial charge in [0, 0.05) is 6.54 Å². The highest BCUT2D eigenvalue weighted by Crippen LogP contribution is 2.21. The fraction of sp³-hybridized carbons (Fsp3) is 0.778. The highest BCUT2D eigenvalue weighted by molar-refractivity contribution is 7.97. The van der Waals surface area contributed by atoms with Crippen LogP contribution in [0.4, 0.5) is 0 Å². The molecule has 1 atom stereocenters. The van der Waals surface area contributed by atoms with Crippen LogP contribution in [-0.4, -0.2) is 29.5 Å². The number of nitrogens with zero attached hydrogens (tertiary/aromatic N) is 2. The third-order valence-corrected chi connectivity index (χ3v) is 2.95. The van der Waals surface area contributed by atoms with Crippen molar-refractivity contribution in [2.24, 2.45) is 0 Å². The first-order valence-electron chi connectivity index (χ1n) is 4.92. The average Bonchev–Trinajstić information content (AvgIpc) is 2.68. The molecule has 0 bridgehead atoms. The molecule has 78 valence electrons. The summed E-state index contributed by atoms with van der Waals surface area (Å²) in [6.45, 7) is 2.09. The summed E-state index contributed by atoms with van der Waals surface area (Å²) in [6.07, 6.45) is 4.40. The molecule has 4 nitrogen and oxygen atoms in total. The molecular formula is C9H15N3OS. The van der Waals surface area contributed by atoms with E-state index in [0.717, 1.165) is 37.0 Å². The molecule has 14 heavy (non-hydrogen) atoms. The number of nitrogens with one attached hydrogen (secondary N) is 1. The van der Waals surface area contributed by atoms with Gasteiger partial charge in [0.1, 0.15) is 0 Å². The van der Waals surface area contributed by atoms with Gasteiger partial charge in [-0.1, -0.05) is 5.16 Å². The minimum absolute atomic E-state index is 0.423. The summed E-state index contributed by atoms with van der Waals surface area (Å²) in [5.41, 5.74) is 0. The van der Waals surface area contributed by atoms with Crippen LogP contribution in [-0.2, 0) is 5.75 Å². The van der Waals surface area contributed by atoms with Gasteiger partial charge >= 0.3 is 0 Å². The first kappa shape index (κ1) is 9.98. The van der Waals surface area contributed by atoms with Gasteiger partial charge in [-0.15, -0.1) is 0 Å². The third kappa shape index (κ3) is 2.27. The molecule has 0 amide bonds. The van der Waals surface area contributed by atoms with E-state index in [1.807, 2.05) is 6.26 Å². The van der Waals surface area contributed by atoms with Crippen molar-refractivity contribution in [3.8, 4) is 0 Å². The van der Waals surface area contributed by atoms with Crippen LogP contribution in [0, 0.1) is 0 Å². The van der Waals surface area contributed by atoms with Gasteiger partial charge in [-0.05, 0) is 25.6 Å². The molecule has 2 rings (SSSR count). The van der Waals surface area contributed by atoms with E-state index >= 15 is 0 Å². The Balaban J connectivity index is 2.00. The SMILES string of the molecule is CSCc1noc([C@H]2CCCNC2)n1. The van der Waals surface area contributed by atoms with Gasteiger partial charge in [0.15, 0.2) is 5.82 Å². The number of hydrogen-bond donors (Lipinski definition) is 1. The minimum atomic E-state index is 0.423. The summed E-state index contributed by atoms with van der Waals surface area (Å²) >= 11 is 1.71. The third-order valence-electron chi connectivity index (χ3n) is 2.40. The van der Waals surface area contributed by atoms with Crippen molar-refractivity contribution < 1.29 is 4.52 Å². The van der Waals surface area contributed by atoms with Crippen LogP contribution < -0.4 is 5.32 Å². The van der Waals surface area contributed by atoms with E-state index in [9.17, 15) is 0 Å². The summed E-state index contributed by atoms with van der Waals surface area (Å²) in [6, 6.07) is 0. The van der Waals surface area contributed by atoms with Gasteiger partial charge < -0.3 is 9.84 Å². The zero-order chi connectivity index (χ0) is 9.80. The highest BCUT2D eigenvalue weighted by Gasteiger charge is 2.20. The summed E-state index contributed by atoms with van der Waals surface area (Å²) in [4.78, 5) is 4.39. The molecule has 1 saturated heterocycles. The Bertz CT molecular complexity index is 283. The molecule has 1 aliphatic rings. The van der Waals surface area contributed by atoms with Crippen LogP contribution in [0.1, 0.15) is 30.5 Å². The van der Waals surface area contributed by atoms with Gasteiger partial charge in [-0.25, -0.2) is 0 Å². The lowest BCUT2D eigenvalue weighted by molar-refractivity contribution is 0.320. The molecule has 1 aromatic heterocycles. The molecular weight excluding hydrogens is 198 g/mol. The molecule has 2 heterocycles. The summed E-state index contributed by atoms with van der Waals surface area (Å²) in [5.74, 6) is 2.88. The lowest BCUT2D eigenvalue weighted by Crippen LogP contribution is -2.28. The maximum absolute atomic E-state index is 5.24. The van der Waals surface area contributed by atoms with Crippen molar-refractivity contribution >= 4 is 11.8 Å². The number of piperidine rings is 1. The second-order valence-electron chi connectivity index (χ2n) is 3.53. The Labute approximate surface area is 87.8 Å². The molecule has 0 spiro atoms. The molecule has 5 heteroatoms. The monoisotopic (exact) mass is 213 g/mol. The van der Waals surface area contributed by atoms with E-state index in [1.54, 1.807) is 11.8 Å². The van der Waals surface area contributed by atoms with E-state index in [0.29, 0.717) is 5.92 Å². The Kier molecular flexibility index (Phi) is 3.42. The Morgan fingerprint density at radius 2 is 2.57 bits per heavy atom. The molecule has 0 aliphatic carbocycles. The van der Waals surface area contributed by atoms with Crippen LogP contribution >= 0.6 is 11.8 Å². The van der Waals surface area contributed by atoms with Crippen LogP contribution in [0.2, 0.25) is 0 Å². The predicted octanol–water partition coefficient (Wildman–Crippen LogP) is 1.40. The number of hydrogen-bond acceptors (Lipinski definition) is 5. The summed E-state index contributed by atoms with van der Waals surface area (Å²) in [7, 11) is 0. The molecule has 0 saturated carbocycles. The van der Waals surface area contributed by atoms with Gasteiger partial charge in [-0.2, -0.15) is 16.7 Å². The summed E-state index contributed by atoms with van der Waals surface area (Å²) in [5, 5.41) is 7.29. The smallest absolute Gasteiger partial charge is 0.231 e. The van der Waals surface area contributed by atoms with Gasteiger partial charge in [0.2, 0.25) is 5.89 Å². The van der Waals surface area contributed by atoms with Crippen LogP contribution in [0.3, 0.4) is 0 Å². The minimum Gasteiger partial charge on any atom is -0.339 e. The maximum Gasteiger partial charge on any atom is 0.231 e. The first-order chi connectivity index (χ1) is 6.90. The fourth-order valence-electron chi connectivity index (χ4n) is 1.68. The van der Waals surface area contributed by atoms with E-state index < -0.39 is 0 Å². The number of aromatic nitrogens is 2. The largest absolute Gasteiger partial charge is 0.339 e. The van der Waals surface area contributed by atoms with Crippen molar-refractivity contribution in [3.05, 3.63) is 11.7 Å². The quantitative estimate of drug-likeness (QED) is 0.822. The second kappa shape index (κ2) is 4.79. The Morgan fingerprint density at radius 3 is 3.29 bits per heavy atom. The second-order valence-corrected chi connectivity index (χ2v) is 4.39. The van der Waals surface area contributed by atoms with Crippen molar-refractivity contribution in [1.29, 1.82) is 0 Å². The van der Waals surface area contributed by atoms with E-state index in [2.05, 4.69) is 15.5 Å². The van der Waals surface area contributed by atoms with Crippen molar-refractivity contribution in [1.82, 2.24) is 15.5 Å². The lowest BCUT2D eigenvalue weighted by Gasteiger charge is -2.18. The van der Waals surface area contributed by atoms with Gasteiger partial charge in [-0.3, -0.25) is 0 Å². The molecule has 0 aromatic carbocycles. The molecule has 0 unspecified atom stereocenters. The fourth-order valence-corrected chi connectivity index (χ4v) is 2.06. The maximum atomic E-state index is 5.24. The number of thioether (sulfide) groups is 1. The normalized spacial score (nSPS) is 22.5. The zero-order valence-electron chi connectivity index (χ0n) is 8.32. The average molecular weight is 213 g/mol. The van der Waals surface area contributed by atoms with Crippen molar-refractivity contribution in [3.63, 3.8) is 0 Å². The molecule has 0 radical (unpaired) electrons. The standard InChI is InChI=1S/C9H15N3OS/c1-14-6-8-11-9(13-12-8)7-3-2-4-10-5-7/h7,10H,2-6H2,1H3/t7-/m0/s1. The van der Waals surface area contributed by atoms with E-state index in [-0.39, 0.29) is 0 Å². The molecule has 1 N–H and O–H groups in total. The van der Waals surface area contributed by atoms with Crippen LogP contribution in [0.15, 0.2) is 4.52 Å². The van der Waals surface area contributed by atoms with Crippen molar-refractivity contribution in [2.45, 2.75) is 24.5 Å².